The van der Waals surface area contributed by atoms with Gasteiger partial charge in [-0.2, -0.15) is 5.10 Å². The Hall–Kier alpha value is -2.50. The highest BCUT2D eigenvalue weighted by Crippen LogP contribution is 2.21. The minimum atomic E-state index is 0.242. The van der Waals surface area contributed by atoms with Crippen LogP contribution in [0.5, 0.6) is 5.75 Å². The van der Waals surface area contributed by atoms with Gasteiger partial charge in [0, 0.05) is 29.2 Å². The van der Waals surface area contributed by atoms with Crippen LogP contribution in [0, 0.1) is 0 Å². The number of nitrogens with one attached hydrogen (secondary N) is 3. The number of aromatic amines is 1. The number of H-pyrrole nitrogens is 1. The summed E-state index contributed by atoms with van der Waals surface area (Å²) in [6.45, 7) is 1.62. The minimum absolute atomic E-state index is 0.242. The maximum Gasteiger partial charge on any atom is 0.212 e. The number of aromatic hydroxyl groups is 1. The van der Waals surface area contributed by atoms with E-state index in [4.69, 9.17) is 0 Å². The maximum absolute atomic E-state index is 9.47. The summed E-state index contributed by atoms with van der Waals surface area (Å²) in [5.74, 6) is 0.931. The number of hydrogen-bond donors (Lipinski definition) is 4. The highest BCUT2D eigenvalue weighted by Gasteiger charge is 2.04. The lowest BCUT2D eigenvalue weighted by Gasteiger charge is -1.98. The predicted molar refractivity (Wildman–Crippen MR) is 71.0 cm³/mol. The fourth-order valence-electron chi connectivity index (χ4n) is 1.87. The quantitative estimate of drug-likeness (QED) is 0.464. The van der Waals surface area contributed by atoms with E-state index in [0.29, 0.717) is 5.96 Å². The van der Waals surface area contributed by atoms with E-state index in [9.17, 15) is 5.11 Å². The van der Waals surface area contributed by atoms with E-state index in [1.165, 1.54) is 0 Å². The van der Waals surface area contributed by atoms with E-state index in [1.54, 1.807) is 18.3 Å². The number of phenols is 1. The smallest absolute Gasteiger partial charge is 0.212 e. The van der Waals surface area contributed by atoms with E-state index in [2.05, 4.69) is 25.8 Å². The predicted octanol–water partition coefficient (Wildman–Crippen LogP) is 0.756. The van der Waals surface area contributed by atoms with Gasteiger partial charge < -0.3 is 15.4 Å². The van der Waals surface area contributed by atoms with Crippen LogP contribution in [0.2, 0.25) is 0 Å². The number of nitrogens with zero attached hydrogens (tertiary/aromatic N) is 2. The molecular weight excluding hydrogens is 230 g/mol. The molecule has 0 spiro atoms. The third-order valence-electron chi connectivity index (χ3n) is 2.75. The standard InChI is InChI=1S/C12H13N5O/c18-9-1-2-11-10(5-9)8(6-15-11)7-16-17-12-13-3-4-14-12/h1-2,5-7,15,18H,3-4H2,(H2,13,14,17)/b16-7+. The van der Waals surface area contributed by atoms with E-state index in [1.807, 2.05) is 12.3 Å². The zero-order valence-corrected chi connectivity index (χ0v) is 9.64. The van der Waals surface area contributed by atoms with Crippen LogP contribution < -0.4 is 10.7 Å². The molecule has 2 aromatic rings. The third kappa shape index (κ3) is 2.00. The molecule has 1 aliphatic heterocycles. The van der Waals surface area contributed by atoms with Gasteiger partial charge in [0.2, 0.25) is 5.96 Å². The summed E-state index contributed by atoms with van der Waals surface area (Å²) < 4.78 is 0. The molecule has 0 amide bonds. The van der Waals surface area contributed by atoms with Gasteiger partial charge in [-0.05, 0) is 18.2 Å². The first-order chi connectivity index (χ1) is 8.83. The Bertz CT molecular complexity index is 628. The largest absolute Gasteiger partial charge is 0.508 e. The summed E-state index contributed by atoms with van der Waals surface area (Å²) in [6, 6.07) is 5.19. The van der Waals surface area contributed by atoms with Gasteiger partial charge >= 0.3 is 0 Å². The molecule has 0 radical (unpaired) electrons. The molecule has 0 aliphatic carbocycles. The fourth-order valence-corrected chi connectivity index (χ4v) is 1.87. The second-order valence-corrected chi connectivity index (χ2v) is 4.00. The number of aromatic nitrogens is 1. The van der Waals surface area contributed by atoms with Gasteiger partial charge in [-0.15, -0.1) is 0 Å². The molecule has 2 heterocycles. The number of aliphatic imine (C=N–C) groups is 1. The first-order valence-corrected chi connectivity index (χ1v) is 5.70. The Labute approximate surface area is 103 Å². The molecule has 92 valence electrons. The highest BCUT2D eigenvalue weighted by atomic mass is 16.3. The Morgan fingerprint density at radius 2 is 2.39 bits per heavy atom. The van der Waals surface area contributed by atoms with Crippen molar-refractivity contribution in [1.29, 1.82) is 0 Å². The topological polar surface area (TPSA) is 84.8 Å². The lowest BCUT2D eigenvalue weighted by atomic mass is 10.2. The van der Waals surface area contributed by atoms with Crippen molar-refractivity contribution in [2.75, 3.05) is 13.1 Å². The van der Waals surface area contributed by atoms with Gasteiger partial charge in [0.05, 0.1) is 12.8 Å². The zero-order valence-electron chi connectivity index (χ0n) is 9.64. The van der Waals surface area contributed by atoms with E-state index < -0.39 is 0 Å². The molecule has 3 rings (SSSR count). The van der Waals surface area contributed by atoms with Crippen molar-refractivity contribution in [3.63, 3.8) is 0 Å². The minimum Gasteiger partial charge on any atom is -0.508 e. The van der Waals surface area contributed by atoms with Crippen molar-refractivity contribution >= 4 is 23.1 Å². The second kappa shape index (κ2) is 4.40. The van der Waals surface area contributed by atoms with Gasteiger partial charge in [0.15, 0.2) is 0 Å². The van der Waals surface area contributed by atoms with E-state index in [-0.39, 0.29) is 5.75 Å². The molecule has 0 saturated carbocycles. The molecule has 1 aromatic heterocycles. The first kappa shape index (κ1) is 10.6. The zero-order chi connectivity index (χ0) is 12.4. The second-order valence-electron chi connectivity index (χ2n) is 4.00. The van der Waals surface area contributed by atoms with Gasteiger partial charge in [-0.3, -0.25) is 0 Å². The van der Waals surface area contributed by atoms with Crippen LogP contribution >= 0.6 is 0 Å². The summed E-state index contributed by atoms with van der Waals surface area (Å²) in [6.07, 6.45) is 3.54. The molecule has 0 saturated heterocycles. The van der Waals surface area contributed by atoms with Crippen molar-refractivity contribution in [2.24, 2.45) is 10.1 Å². The Kier molecular flexibility index (Phi) is 2.60. The normalized spacial score (nSPS) is 15.0. The van der Waals surface area contributed by atoms with Crippen molar-refractivity contribution in [3.05, 3.63) is 30.0 Å². The molecule has 0 atom stereocenters. The molecule has 18 heavy (non-hydrogen) atoms. The molecular formula is C12H13N5O. The van der Waals surface area contributed by atoms with Gasteiger partial charge in [-0.1, -0.05) is 0 Å². The van der Waals surface area contributed by atoms with E-state index in [0.717, 1.165) is 29.6 Å². The molecule has 1 aliphatic rings. The van der Waals surface area contributed by atoms with Crippen LogP contribution in [0.4, 0.5) is 0 Å². The maximum atomic E-state index is 9.47. The third-order valence-corrected chi connectivity index (χ3v) is 2.75. The molecule has 1 aromatic carbocycles. The molecule has 6 heteroatoms. The number of fused-ring (bicyclic) bond motifs is 1. The Morgan fingerprint density at radius 3 is 3.22 bits per heavy atom. The van der Waals surface area contributed by atoms with Gasteiger partial charge in [-0.25, -0.2) is 10.4 Å². The van der Waals surface area contributed by atoms with Crippen molar-refractivity contribution < 1.29 is 5.11 Å². The van der Waals surface area contributed by atoms with Crippen LogP contribution in [0.15, 0.2) is 34.5 Å². The Morgan fingerprint density at radius 1 is 1.44 bits per heavy atom. The number of benzene rings is 1. The summed E-state index contributed by atoms with van der Waals surface area (Å²) in [7, 11) is 0. The SMILES string of the molecule is Oc1ccc2[nH]cc(/C=N/NC3=NCCN3)c2c1. The number of guanidine groups is 1. The van der Waals surface area contributed by atoms with Crippen LogP contribution in [0.3, 0.4) is 0 Å². The lowest BCUT2D eigenvalue weighted by Crippen LogP contribution is -2.30. The van der Waals surface area contributed by atoms with Crippen molar-refractivity contribution in [1.82, 2.24) is 15.7 Å². The fraction of sp³-hybridized carbons (Fsp3) is 0.167. The number of hydrogen-bond acceptors (Lipinski definition) is 5. The lowest BCUT2D eigenvalue weighted by molar-refractivity contribution is 0.476. The van der Waals surface area contributed by atoms with Crippen LogP contribution in [0.25, 0.3) is 10.9 Å². The average Bonchev–Trinajstić information content (AvgIpc) is 2.99. The molecule has 4 N–H and O–H groups in total. The molecule has 0 fully saturated rings. The number of hydrazone groups is 1. The molecule has 0 unspecified atom stereocenters. The number of phenolic OH excluding ortho intramolecular Hbond substituents is 1. The van der Waals surface area contributed by atoms with Gasteiger partial charge in [0.1, 0.15) is 5.75 Å². The summed E-state index contributed by atoms with van der Waals surface area (Å²) in [4.78, 5) is 7.28. The van der Waals surface area contributed by atoms with E-state index >= 15 is 0 Å². The van der Waals surface area contributed by atoms with Crippen molar-refractivity contribution in [3.8, 4) is 5.75 Å². The highest BCUT2D eigenvalue weighted by molar-refractivity contribution is 5.99. The average molecular weight is 243 g/mol. The van der Waals surface area contributed by atoms with Crippen LogP contribution in [-0.2, 0) is 0 Å². The monoisotopic (exact) mass is 243 g/mol. The van der Waals surface area contributed by atoms with Crippen molar-refractivity contribution in [2.45, 2.75) is 0 Å². The summed E-state index contributed by atoms with van der Waals surface area (Å²) in [5, 5.41) is 17.6. The molecule has 6 nitrogen and oxygen atoms in total. The first-order valence-electron chi connectivity index (χ1n) is 5.70. The van der Waals surface area contributed by atoms with Crippen LogP contribution in [-0.4, -0.2) is 35.4 Å². The number of rotatable bonds is 2. The summed E-state index contributed by atoms with van der Waals surface area (Å²) in [5.41, 5.74) is 4.70. The Balaban J connectivity index is 1.81. The summed E-state index contributed by atoms with van der Waals surface area (Å²) >= 11 is 0. The van der Waals surface area contributed by atoms with Gasteiger partial charge in [0.25, 0.3) is 0 Å². The molecule has 0 bridgehead atoms. The van der Waals surface area contributed by atoms with Crippen LogP contribution in [0.1, 0.15) is 5.56 Å².